The van der Waals surface area contributed by atoms with E-state index in [2.05, 4.69) is 5.10 Å². The fourth-order valence-electron chi connectivity index (χ4n) is 4.84. The van der Waals surface area contributed by atoms with Crippen LogP contribution in [0.15, 0.2) is 23.3 Å². The number of carbonyl (C=O) groups excluding carboxylic acids is 1. The average molecular weight is 349 g/mol. The molecule has 1 aromatic carbocycles. The zero-order chi connectivity index (χ0) is 18.0. The van der Waals surface area contributed by atoms with Crippen LogP contribution in [-0.2, 0) is 4.79 Å². The van der Waals surface area contributed by atoms with Gasteiger partial charge in [-0.15, -0.1) is 0 Å². The summed E-state index contributed by atoms with van der Waals surface area (Å²) in [5, 5.41) is 16.7. The third-order valence-corrected chi connectivity index (χ3v) is 5.86. The molecule has 2 unspecified atom stereocenters. The molecule has 1 heterocycles. The molecule has 2 atom stereocenters. The molecule has 5 nitrogen and oxygen atoms in total. The Morgan fingerprint density at radius 1 is 1.28 bits per heavy atom. The number of rotatable bonds is 4. The van der Waals surface area contributed by atoms with E-state index in [0.717, 1.165) is 6.07 Å². The van der Waals surface area contributed by atoms with Gasteiger partial charge in [0.05, 0.1) is 11.5 Å². The number of nitrogens with zero attached hydrogens (tertiary/aromatic N) is 3. The first-order valence-corrected chi connectivity index (χ1v) is 8.43. The predicted octanol–water partition coefficient (Wildman–Crippen LogP) is 2.27. The monoisotopic (exact) mass is 349 g/mol. The minimum absolute atomic E-state index is 0.107. The van der Waals surface area contributed by atoms with Crippen LogP contribution >= 0.6 is 0 Å². The molecule has 134 valence electrons. The number of amides is 1. The predicted molar refractivity (Wildman–Crippen MR) is 87.5 cm³/mol. The van der Waals surface area contributed by atoms with Gasteiger partial charge in [0.2, 0.25) is 5.91 Å². The highest BCUT2D eigenvalue weighted by molar-refractivity contribution is 5.86. The molecule has 1 aliphatic heterocycles. The molecule has 25 heavy (non-hydrogen) atoms. The van der Waals surface area contributed by atoms with Crippen molar-refractivity contribution in [1.82, 2.24) is 9.91 Å². The number of aliphatic hydroxyl groups is 1. The molecule has 2 bridgehead atoms. The van der Waals surface area contributed by atoms with Gasteiger partial charge >= 0.3 is 0 Å². The van der Waals surface area contributed by atoms with E-state index in [0.29, 0.717) is 31.2 Å². The van der Waals surface area contributed by atoms with Crippen molar-refractivity contribution in [3.63, 3.8) is 0 Å². The summed E-state index contributed by atoms with van der Waals surface area (Å²) in [6.07, 6.45) is 3.18. The van der Waals surface area contributed by atoms with Gasteiger partial charge in [0.1, 0.15) is 17.9 Å². The van der Waals surface area contributed by atoms with Crippen LogP contribution in [0.1, 0.15) is 37.3 Å². The van der Waals surface area contributed by atoms with Crippen molar-refractivity contribution in [1.29, 1.82) is 0 Å². The van der Waals surface area contributed by atoms with Crippen LogP contribution in [0.4, 0.5) is 8.78 Å². The molecule has 5 rings (SSSR count). The summed E-state index contributed by atoms with van der Waals surface area (Å²) >= 11 is 0. The van der Waals surface area contributed by atoms with Crippen molar-refractivity contribution in [2.75, 3.05) is 14.1 Å². The minimum atomic E-state index is -0.862. The molecule has 3 fully saturated rings. The largest absolute Gasteiger partial charge is 0.371 e. The van der Waals surface area contributed by atoms with Crippen molar-refractivity contribution in [2.45, 2.75) is 38.0 Å². The van der Waals surface area contributed by atoms with Crippen LogP contribution in [0.5, 0.6) is 0 Å². The molecule has 3 saturated carbocycles. The number of carbonyl (C=O) groups is 1. The highest BCUT2D eigenvalue weighted by Gasteiger charge is 2.75. The number of hydrazone groups is 1. The van der Waals surface area contributed by atoms with E-state index in [4.69, 9.17) is 0 Å². The maximum atomic E-state index is 13.5. The Labute approximate surface area is 144 Å². The Balaban J connectivity index is 1.51. The Hall–Kier alpha value is -2.02. The zero-order valence-corrected chi connectivity index (χ0v) is 14.2. The topological polar surface area (TPSA) is 56.1 Å². The molecule has 7 heteroatoms. The van der Waals surface area contributed by atoms with Crippen molar-refractivity contribution in [3.05, 3.63) is 35.4 Å². The van der Waals surface area contributed by atoms with Gasteiger partial charge in [0, 0.05) is 38.2 Å². The summed E-state index contributed by atoms with van der Waals surface area (Å²) in [5.74, 6) is -1.18. The molecule has 0 saturated heterocycles. The van der Waals surface area contributed by atoms with Crippen molar-refractivity contribution >= 4 is 12.1 Å². The number of aliphatic hydroxyl groups excluding tert-OH is 1. The first-order valence-electron chi connectivity index (χ1n) is 8.43. The van der Waals surface area contributed by atoms with E-state index in [9.17, 15) is 18.7 Å². The molecule has 0 radical (unpaired) electrons. The van der Waals surface area contributed by atoms with E-state index in [-0.39, 0.29) is 16.7 Å². The lowest BCUT2D eigenvalue weighted by molar-refractivity contribution is -0.283. The highest BCUT2D eigenvalue weighted by atomic mass is 19.1. The van der Waals surface area contributed by atoms with Crippen molar-refractivity contribution in [3.8, 4) is 0 Å². The second-order valence-corrected chi connectivity index (χ2v) is 7.88. The summed E-state index contributed by atoms with van der Waals surface area (Å²) in [6.45, 7) is 0. The number of benzene rings is 1. The Bertz CT molecular complexity index is 725. The highest BCUT2D eigenvalue weighted by Crippen LogP contribution is 2.75. The van der Waals surface area contributed by atoms with Crippen molar-refractivity contribution < 1.29 is 18.7 Å². The molecule has 0 aromatic heterocycles. The SMILES string of the molecule is CN(C)C(=O)C12CC(C(O)N3N=CCC3c3cc(F)cc(F)c3)(C1)C2. The van der Waals surface area contributed by atoms with Crippen LogP contribution in [0.3, 0.4) is 0 Å². The standard InChI is InChI=1S/C18H21F2N3O2/c1-22(2)15(24)17-8-18(9-17,10-17)16(25)23-14(3-4-21-23)11-5-12(19)7-13(20)6-11/h4-7,14,16,25H,3,8-10H2,1-2H3. The lowest BCUT2D eigenvalue weighted by Crippen LogP contribution is -2.73. The Morgan fingerprint density at radius 3 is 2.44 bits per heavy atom. The van der Waals surface area contributed by atoms with Gasteiger partial charge in [-0.05, 0) is 37.0 Å². The van der Waals surface area contributed by atoms with E-state index in [1.54, 1.807) is 25.2 Å². The van der Waals surface area contributed by atoms with Crippen LogP contribution in [0, 0.1) is 22.5 Å². The van der Waals surface area contributed by atoms with Gasteiger partial charge in [-0.2, -0.15) is 5.10 Å². The van der Waals surface area contributed by atoms with Crippen LogP contribution < -0.4 is 0 Å². The number of halogens is 2. The lowest BCUT2D eigenvalue weighted by atomic mass is 9.34. The molecule has 0 spiro atoms. The average Bonchev–Trinajstić information content (AvgIpc) is 2.92. The lowest BCUT2D eigenvalue weighted by Gasteiger charge is -2.71. The van der Waals surface area contributed by atoms with E-state index >= 15 is 0 Å². The first kappa shape index (κ1) is 16.4. The molecular weight excluding hydrogens is 328 g/mol. The van der Waals surface area contributed by atoms with E-state index in [1.165, 1.54) is 17.1 Å². The normalized spacial score (nSPS) is 33.6. The summed E-state index contributed by atoms with van der Waals surface area (Å²) in [6, 6.07) is 3.00. The summed E-state index contributed by atoms with van der Waals surface area (Å²) < 4.78 is 27.1. The first-order chi connectivity index (χ1) is 11.8. The second kappa shape index (κ2) is 5.24. The third kappa shape index (κ3) is 2.28. The van der Waals surface area contributed by atoms with Gasteiger partial charge in [-0.25, -0.2) is 8.78 Å². The third-order valence-electron chi connectivity index (χ3n) is 5.86. The smallest absolute Gasteiger partial charge is 0.228 e. The van der Waals surface area contributed by atoms with Gasteiger partial charge in [-0.1, -0.05) is 0 Å². The van der Waals surface area contributed by atoms with E-state index < -0.39 is 23.9 Å². The molecule has 1 amide bonds. The molecular formula is C18H21F2N3O2. The van der Waals surface area contributed by atoms with Gasteiger partial charge in [0.15, 0.2) is 0 Å². The molecule has 4 aliphatic rings. The van der Waals surface area contributed by atoms with Crippen LogP contribution in [0.25, 0.3) is 0 Å². The number of hydrogen-bond acceptors (Lipinski definition) is 4. The van der Waals surface area contributed by atoms with Crippen molar-refractivity contribution in [2.24, 2.45) is 15.9 Å². The molecule has 3 aliphatic carbocycles. The maximum absolute atomic E-state index is 13.5. The quantitative estimate of drug-likeness (QED) is 0.907. The van der Waals surface area contributed by atoms with Gasteiger partial charge < -0.3 is 10.0 Å². The summed E-state index contributed by atoms with van der Waals surface area (Å²) in [7, 11) is 3.48. The Morgan fingerprint density at radius 2 is 1.88 bits per heavy atom. The molecule has 1 aromatic rings. The second-order valence-electron chi connectivity index (χ2n) is 7.88. The van der Waals surface area contributed by atoms with Gasteiger partial charge in [-0.3, -0.25) is 9.80 Å². The minimum Gasteiger partial charge on any atom is -0.371 e. The maximum Gasteiger partial charge on any atom is 0.228 e. The summed E-state index contributed by atoms with van der Waals surface area (Å²) in [5.41, 5.74) is -0.231. The molecule has 1 N–H and O–H groups in total. The Kier molecular flexibility index (Phi) is 3.45. The van der Waals surface area contributed by atoms with Crippen LogP contribution in [-0.4, -0.2) is 47.5 Å². The summed E-state index contributed by atoms with van der Waals surface area (Å²) in [4.78, 5) is 13.8. The zero-order valence-electron chi connectivity index (χ0n) is 14.2. The van der Waals surface area contributed by atoms with Crippen LogP contribution in [0.2, 0.25) is 0 Å². The fourth-order valence-corrected chi connectivity index (χ4v) is 4.84. The van der Waals surface area contributed by atoms with Gasteiger partial charge in [0.25, 0.3) is 0 Å². The number of hydrogen-bond donors (Lipinski definition) is 1. The fraction of sp³-hybridized carbons (Fsp3) is 0.556. The van der Waals surface area contributed by atoms with E-state index in [1.807, 2.05) is 0 Å².